The van der Waals surface area contributed by atoms with Gasteiger partial charge < -0.3 is 9.47 Å². The van der Waals surface area contributed by atoms with E-state index < -0.39 is 0 Å². The monoisotopic (exact) mass is 358 g/mol. The van der Waals surface area contributed by atoms with E-state index in [2.05, 4.69) is 40.5 Å². The van der Waals surface area contributed by atoms with Crippen molar-refractivity contribution in [2.75, 3.05) is 6.61 Å². The fraction of sp³-hybridized carbons (Fsp3) is 0.333. The van der Waals surface area contributed by atoms with Gasteiger partial charge in [0.2, 0.25) is 0 Å². The molecule has 0 bridgehead atoms. The number of nitrogens with zero attached hydrogens (tertiary/aromatic N) is 2. The van der Waals surface area contributed by atoms with Gasteiger partial charge in [-0.1, -0.05) is 0 Å². The minimum absolute atomic E-state index is 0.240. The van der Waals surface area contributed by atoms with E-state index in [0.29, 0.717) is 6.61 Å². The summed E-state index contributed by atoms with van der Waals surface area (Å²) in [6.45, 7) is 4.78. The molecule has 0 saturated carbocycles. The zero-order valence-electron chi connectivity index (χ0n) is 13.6. The second kappa shape index (κ2) is 6.61. The Labute approximate surface area is 149 Å². The molecule has 1 aromatic carbocycles. The molecule has 4 nitrogen and oxygen atoms in total. The summed E-state index contributed by atoms with van der Waals surface area (Å²) in [4.78, 5) is 9.78. The molecule has 1 aliphatic rings. The Morgan fingerprint density at radius 2 is 2.29 bits per heavy atom. The minimum Gasteiger partial charge on any atom is -0.494 e. The predicted molar refractivity (Wildman–Crippen MR) is 98.4 cm³/mol. The zero-order chi connectivity index (χ0) is 16.5. The number of hydrogen-bond donors (Lipinski definition) is 0. The fourth-order valence-corrected chi connectivity index (χ4v) is 4.67. The maximum Gasteiger partial charge on any atom is 0.127 e. The van der Waals surface area contributed by atoms with Crippen molar-refractivity contribution < 1.29 is 9.47 Å². The lowest BCUT2D eigenvalue weighted by molar-refractivity contribution is 0.254. The summed E-state index contributed by atoms with van der Waals surface area (Å²) < 4.78 is 11.8. The van der Waals surface area contributed by atoms with Crippen LogP contribution in [-0.4, -0.2) is 22.7 Å². The molecule has 0 N–H and O–H groups in total. The van der Waals surface area contributed by atoms with Crippen molar-refractivity contribution in [2.45, 2.75) is 37.2 Å². The van der Waals surface area contributed by atoms with Crippen molar-refractivity contribution in [3.05, 3.63) is 41.0 Å². The standard InChI is InChI=1S/C18H18N2O2S2/c1-3-21-15-7-12-6-11(2)22-16(12)8-13(15)9-24-18-14-4-5-23-17(14)19-10-20-18/h4-5,7-8,10-11H,3,6,9H2,1-2H3. The molecule has 24 heavy (non-hydrogen) atoms. The number of fused-ring (bicyclic) bond motifs is 2. The van der Waals surface area contributed by atoms with E-state index in [-0.39, 0.29) is 6.10 Å². The third-order valence-corrected chi connectivity index (χ3v) is 5.84. The molecule has 3 aromatic rings. The summed E-state index contributed by atoms with van der Waals surface area (Å²) in [6, 6.07) is 6.35. The molecule has 0 aliphatic carbocycles. The number of thiophene rings is 1. The van der Waals surface area contributed by atoms with Crippen LogP contribution in [0.3, 0.4) is 0 Å². The fourth-order valence-electron chi connectivity index (χ4n) is 2.91. The number of hydrogen-bond acceptors (Lipinski definition) is 6. The minimum atomic E-state index is 0.240. The first-order valence-corrected chi connectivity index (χ1v) is 9.87. The summed E-state index contributed by atoms with van der Waals surface area (Å²) in [5, 5.41) is 4.19. The normalized spacial score (nSPS) is 16.2. The molecule has 0 fully saturated rings. The number of benzene rings is 1. The van der Waals surface area contributed by atoms with Gasteiger partial charge in [-0.25, -0.2) is 9.97 Å². The molecule has 4 rings (SSSR count). The van der Waals surface area contributed by atoms with Gasteiger partial charge >= 0.3 is 0 Å². The topological polar surface area (TPSA) is 44.2 Å². The van der Waals surface area contributed by atoms with Crippen molar-refractivity contribution >= 4 is 33.3 Å². The summed E-state index contributed by atoms with van der Waals surface area (Å²) >= 11 is 3.36. The molecule has 3 heterocycles. The highest BCUT2D eigenvalue weighted by Gasteiger charge is 2.22. The van der Waals surface area contributed by atoms with Crippen LogP contribution >= 0.6 is 23.1 Å². The van der Waals surface area contributed by atoms with Gasteiger partial charge in [0.05, 0.1) is 6.61 Å². The molecule has 1 unspecified atom stereocenters. The predicted octanol–water partition coefficient (Wildman–Crippen LogP) is 4.71. The molecule has 124 valence electrons. The van der Waals surface area contributed by atoms with Crippen LogP contribution in [0.1, 0.15) is 25.0 Å². The Bertz CT molecular complexity index is 879. The lowest BCUT2D eigenvalue weighted by Gasteiger charge is -2.12. The van der Waals surface area contributed by atoms with Crippen LogP contribution in [0.4, 0.5) is 0 Å². The quantitative estimate of drug-likeness (QED) is 0.488. The highest BCUT2D eigenvalue weighted by molar-refractivity contribution is 7.98. The van der Waals surface area contributed by atoms with Gasteiger partial charge in [0, 0.05) is 28.7 Å². The number of ether oxygens (including phenoxy) is 2. The van der Waals surface area contributed by atoms with Gasteiger partial charge in [-0.15, -0.1) is 23.1 Å². The molecule has 0 amide bonds. The second-order valence-electron chi connectivity index (χ2n) is 5.74. The summed E-state index contributed by atoms with van der Waals surface area (Å²) in [7, 11) is 0. The maximum absolute atomic E-state index is 5.90. The number of aromatic nitrogens is 2. The van der Waals surface area contributed by atoms with Crippen LogP contribution in [0, 0.1) is 0 Å². The van der Waals surface area contributed by atoms with Crippen LogP contribution in [0.2, 0.25) is 0 Å². The number of rotatable bonds is 5. The second-order valence-corrected chi connectivity index (χ2v) is 7.60. The highest BCUT2D eigenvalue weighted by atomic mass is 32.2. The molecule has 1 aliphatic heterocycles. The number of thioether (sulfide) groups is 1. The van der Waals surface area contributed by atoms with Gasteiger partial charge in [0.15, 0.2) is 0 Å². The van der Waals surface area contributed by atoms with E-state index in [4.69, 9.17) is 9.47 Å². The average Bonchev–Trinajstić information content (AvgIpc) is 3.18. The van der Waals surface area contributed by atoms with Gasteiger partial charge in [-0.3, -0.25) is 0 Å². The Morgan fingerprint density at radius 1 is 1.38 bits per heavy atom. The van der Waals surface area contributed by atoms with Crippen molar-refractivity contribution in [3.63, 3.8) is 0 Å². The highest BCUT2D eigenvalue weighted by Crippen LogP contribution is 2.38. The molecular weight excluding hydrogens is 340 g/mol. The van der Waals surface area contributed by atoms with E-state index >= 15 is 0 Å². The molecular formula is C18H18N2O2S2. The molecule has 0 saturated heterocycles. The Balaban J connectivity index is 1.62. The average molecular weight is 358 g/mol. The SMILES string of the molecule is CCOc1cc2c(cc1CSc1ncnc3sccc13)OC(C)C2. The van der Waals surface area contributed by atoms with E-state index in [1.165, 1.54) is 5.56 Å². The lowest BCUT2D eigenvalue weighted by atomic mass is 10.1. The largest absolute Gasteiger partial charge is 0.494 e. The molecule has 2 aromatic heterocycles. The van der Waals surface area contributed by atoms with Crippen molar-refractivity contribution in [1.29, 1.82) is 0 Å². The first kappa shape index (κ1) is 15.7. The molecule has 0 radical (unpaired) electrons. The van der Waals surface area contributed by atoms with Crippen LogP contribution in [0.25, 0.3) is 10.2 Å². The van der Waals surface area contributed by atoms with Crippen LogP contribution in [0.15, 0.2) is 34.9 Å². The van der Waals surface area contributed by atoms with Gasteiger partial charge in [0.25, 0.3) is 0 Å². The van der Waals surface area contributed by atoms with Crippen LogP contribution in [0.5, 0.6) is 11.5 Å². The first-order chi connectivity index (χ1) is 11.7. The lowest BCUT2D eigenvalue weighted by Crippen LogP contribution is -2.05. The first-order valence-electron chi connectivity index (χ1n) is 8.01. The van der Waals surface area contributed by atoms with Crippen LogP contribution < -0.4 is 9.47 Å². The Morgan fingerprint density at radius 3 is 3.17 bits per heavy atom. The van der Waals surface area contributed by atoms with Crippen LogP contribution in [-0.2, 0) is 12.2 Å². The van der Waals surface area contributed by atoms with Crippen molar-refractivity contribution in [3.8, 4) is 11.5 Å². The Kier molecular flexibility index (Phi) is 4.33. The van der Waals surface area contributed by atoms with Gasteiger partial charge in [-0.05, 0) is 37.4 Å². The third-order valence-electron chi connectivity index (χ3n) is 3.97. The van der Waals surface area contributed by atoms with E-state index in [1.54, 1.807) is 29.4 Å². The maximum atomic E-state index is 5.90. The zero-order valence-corrected chi connectivity index (χ0v) is 15.2. The van der Waals surface area contributed by atoms with E-state index in [9.17, 15) is 0 Å². The summed E-state index contributed by atoms with van der Waals surface area (Å²) in [5.74, 6) is 2.74. The molecule has 1 atom stereocenters. The summed E-state index contributed by atoms with van der Waals surface area (Å²) in [6.07, 6.45) is 2.83. The molecule has 0 spiro atoms. The smallest absolute Gasteiger partial charge is 0.127 e. The van der Waals surface area contributed by atoms with Crippen molar-refractivity contribution in [2.24, 2.45) is 0 Å². The Hall–Kier alpha value is -1.79. The van der Waals surface area contributed by atoms with Gasteiger partial charge in [-0.2, -0.15) is 0 Å². The van der Waals surface area contributed by atoms with Gasteiger partial charge in [0.1, 0.15) is 33.8 Å². The van der Waals surface area contributed by atoms with E-state index in [1.807, 2.05) is 6.92 Å². The van der Waals surface area contributed by atoms with Crippen molar-refractivity contribution in [1.82, 2.24) is 9.97 Å². The summed E-state index contributed by atoms with van der Waals surface area (Å²) in [5.41, 5.74) is 2.39. The third kappa shape index (κ3) is 2.96. The molecule has 6 heteroatoms. The van der Waals surface area contributed by atoms with E-state index in [0.717, 1.165) is 44.5 Å².